The number of nitriles is 1. The lowest BCUT2D eigenvalue weighted by molar-refractivity contribution is 0.0457. The molecule has 0 bridgehead atoms. The van der Waals surface area contributed by atoms with E-state index in [4.69, 9.17) is 4.74 Å². The monoisotopic (exact) mass is 307 g/mol. The summed E-state index contributed by atoms with van der Waals surface area (Å²) in [7, 11) is 0. The number of nitrogens with one attached hydrogen (secondary N) is 1. The molecule has 0 radical (unpaired) electrons. The van der Waals surface area contributed by atoms with Crippen LogP contribution in [0.3, 0.4) is 0 Å². The van der Waals surface area contributed by atoms with Crippen molar-refractivity contribution in [3.8, 4) is 11.8 Å². The van der Waals surface area contributed by atoms with Gasteiger partial charge < -0.3 is 4.74 Å². The van der Waals surface area contributed by atoms with Crippen LogP contribution >= 0.6 is 0 Å². The Labute approximate surface area is 132 Å². The van der Waals surface area contributed by atoms with Gasteiger partial charge in [0, 0.05) is 6.20 Å². The van der Waals surface area contributed by atoms with E-state index >= 15 is 0 Å². The number of aromatic nitrogens is 4. The van der Waals surface area contributed by atoms with E-state index in [9.17, 15) is 10.1 Å². The first-order valence-electron chi connectivity index (χ1n) is 6.91. The second kappa shape index (κ2) is 6.15. The summed E-state index contributed by atoms with van der Waals surface area (Å²) < 4.78 is 6.89. The predicted octanol–water partition coefficient (Wildman–Crippen LogP) is 2.13. The Bertz CT molecular complexity index is 860. The van der Waals surface area contributed by atoms with E-state index in [2.05, 4.69) is 21.4 Å². The molecule has 7 nitrogen and oxygen atoms in total. The minimum atomic E-state index is -0.537. The van der Waals surface area contributed by atoms with Gasteiger partial charge in [0.1, 0.15) is 23.9 Å². The largest absolute Gasteiger partial charge is 0.454 e. The first kappa shape index (κ1) is 14.5. The Balaban J connectivity index is 1.91. The number of carbonyl (C=O) groups is 1. The van der Waals surface area contributed by atoms with Crippen molar-refractivity contribution >= 4 is 5.97 Å². The fraction of sp³-hybridized carbons (Fsp3) is 0.125. The molecule has 1 aromatic carbocycles. The van der Waals surface area contributed by atoms with Crippen LogP contribution < -0.4 is 0 Å². The third-order valence-electron chi connectivity index (χ3n) is 3.33. The molecule has 0 aliphatic heterocycles. The standard InChI is InChI=1S/C16H13N5O2/c1-11-13(9-17)15(10-23-16(22)14-7-8-18-19-14)21(20-11)12-5-3-2-4-6-12/h2-8H,10H2,1H3,(H,18,19). The van der Waals surface area contributed by atoms with Crippen LogP contribution in [0.1, 0.15) is 27.4 Å². The summed E-state index contributed by atoms with van der Waals surface area (Å²) in [5.74, 6) is -0.537. The van der Waals surface area contributed by atoms with E-state index in [0.29, 0.717) is 17.0 Å². The average molecular weight is 307 g/mol. The minimum absolute atomic E-state index is 0.0590. The maximum Gasteiger partial charge on any atom is 0.356 e. The molecule has 1 N–H and O–H groups in total. The molecule has 3 aromatic rings. The number of hydrogen-bond acceptors (Lipinski definition) is 5. The van der Waals surface area contributed by atoms with Gasteiger partial charge in [0.25, 0.3) is 0 Å². The highest BCUT2D eigenvalue weighted by atomic mass is 16.5. The fourth-order valence-corrected chi connectivity index (χ4v) is 2.22. The lowest BCUT2D eigenvalue weighted by Gasteiger charge is -2.08. The Morgan fingerprint density at radius 3 is 2.78 bits per heavy atom. The summed E-state index contributed by atoms with van der Waals surface area (Å²) in [5.41, 5.74) is 2.58. The Morgan fingerprint density at radius 2 is 2.13 bits per heavy atom. The van der Waals surface area contributed by atoms with Gasteiger partial charge in [-0.2, -0.15) is 15.5 Å². The van der Waals surface area contributed by atoms with E-state index in [1.165, 1.54) is 12.3 Å². The number of ether oxygens (including phenoxy) is 1. The first-order valence-corrected chi connectivity index (χ1v) is 6.91. The Hall–Kier alpha value is -3.40. The molecule has 114 valence electrons. The van der Waals surface area contributed by atoms with Crippen LogP contribution in [-0.4, -0.2) is 25.9 Å². The van der Waals surface area contributed by atoms with E-state index in [-0.39, 0.29) is 12.3 Å². The van der Waals surface area contributed by atoms with Crippen LogP contribution in [0.5, 0.6) is 0 Å². The summed E-state index contributed by atoms with van der Waals surface area (Å²) in [4.78, 5) is 11.9. The molecule has 0 spiro atoms. The molecule has 0 aliphatic carbocycles. The molecule has 3 rings (SSSR count). The molecule has 0 saturated carbocycles. The molecule has 23 heavy (non-hydrogen) atoms. The van der Waals surface area contributed by atoms with Crippen LogP contribution in [0.15, 0.2) is 42.6 Å². The van der Waals surface area contributed by atoms with Crippen molar-refractivity contribution in [1.82, 2.24) is 20.0 Å². The molecule has 2 aromatic heterocycles. The van der Waals surface area contributed by atoms with Crippen LogP contribution in [0.25, 0.3) is 5.69 Å². The Kier molecular flexibility index (Phi) is 3.89. The zero-order valence-corrected chi connectivity index (χ0v) is 12.4. The number of carbonyl (C=O) groups excluding carboxylic acids is 1. The smallest absolute Gasteiger partial charge is 0.356 e. The summed E-state index contributed by atoms with van der Waals surface area (Å²) in [6.45, 7) is 1.69. The van der Waals surface area contributed by atoms with Crippen molar-refractivity contribution in [2.75, 3.05) is 0 Å². The van der Waals surface area contributed by atoms with Gasteiger partial charge in [0.05, 0.1) is 17.1 Å². The lowest BCUT2D eigenvalue weighted by atomic mass is 10.2. The van der Waals surface area contributed by atoms with Crippen LogP contribution in [-0.2, 0) is 11.3 Å². The van der Waals surface area contributed by atoms with Crippen molar-refractivity contribution in [2.24, 2.45) is 0 Å². The predicted molar refractivity (Wildman–Crippen MR) is 80.7 cm³/mol. The number of benzene rings is 1. The van der Waals surface area contributed by atoms with Crippen molar-refractivity contribution in [3.05, 3.63) is 65.2 Å². The maximum atomic E-state index is 11.9. The quantitative estimate of drug-likeness (QED) is 0.745. The molecular weight excluding hydrogens is 294 g/mol. The van der Waals surface area contributed by atoms with Crippen LogP contribution in [0.4, 0.5) is 0 Å². The van der Waals surface area contributed by atoms with Gasteiger partial charge in [0.2, 0.25) is 0 Å². The van der Waals surface area contributed by atoms with Crippen molar-refractivity contribution in [2.45, 2.75) is 13.5 Å². The van der Waals surface area contributed by atoms with Crippen molar-refractivity contribution in [1.29, 1.82) is 5.26 Å². The lowest BCUT2D eigenvalue weighted by Crippen LogP contribution is -2.10. The zero-order valence-electron chi connectivity index (χ0n) is 12.4. The topological polar surface area (TPSA) is 96.6 Å². The summed E-state index contributed by atoms with van der Waals surface area (Å²) in [6.07, 6.45) is 1.47. The van der Waals surface area contributed by atoms with Gasteiger partial charge >= 0.3 is 5.97 Å². The number of nitrogens with zero attached hydrogens (tertiary/aromatic N) is 4. The first-order chi connectivity index (χ1) is 11.2. The number of para-hydroxylation sites is 1. The summed E-state index contributed by atoms with van der Waals surface area (Å²) in [5, 5.41) is 20.0. The average Bonchev–Trinajstić information content (AvgIpc) is 3.21. The zero-order chi connectivity index (χ0) is 16.2. The van der Waals surface area contributed by atoms with Crippen molar-refractivity contribution < 1.29 is 9.53 Å². The molecule has 0 aliphatic rings. The number of hydrogen-bond donors (Lipinski definition) is 1. The number of H-pyrrole nitrogens is 1. The highest BCUT2D eigenvalue weighted by Gasteiger charge is 2.18. The number of esters is 1. The fourth-order valence-electron chi connectivity index (χ4n) is 2.22. The minimum Gasteiger partial charge on any atom is -0.454 e. The molecule has 0 atom stereocenters. The van der Waals surface area contributed by atoms with Gasteiger partial charge in [0.15, 0.2) is 0 Å². The normalized spacial score (nSPS) is 10.3. The molecule has 2 heterocycles. The van der Waals surface area contributed by atoms with Crippen LogP contribution in [0.2, 0.25) is 0 Å². The molecule has 0 fully saturated rings. The number of aromatic amines is 1. The maximum absolute atomic E-state index is 11.9. The summed E-state index contributed by atoms with van der Waals surface area (Å²) >= 11 is 0. The molecule has 0 unspecified atom stereocenters. The molecule has 0 saturated heterocycles. The molecule has 7 heteroatoms. The van der Waals surface area contributed by atoms with E-state index < -0.39 is 5.97 Å². The van der Waals surface area contributed by atoms with Gasteiger partial charge in [-0.3, -0.25) is 5.10 Å². The number of aryl methyl sites for hydroxylation is 1. The third-order valence-corrected chi connectivity index (χ3v) is 3.33. The highest BCUT2D eigenvalue weighted by molar-refractivity contribution is 5.86. The van der Waals surface area contributed by atoms with E-state index in [1.807, 2.05) is 30.3 Å². The van der Waals surface area contributed by atoms with E-state index in [0.717, 1.165) is 5.69 Å². The second-order valence-electron chi connectivity index (χ2n) is 4.81. The van der Waals surface area contributed by atoms with Gasteiger partial charge in [-0.1, -0.05) is 18.2 Å². The van der Waals surface area contributed by atoms with Crippen LogP contribution in [0, 0.1) is 18.3 Å². The Morgan fingerprint density at radius 1 is 1.35 bits per heavy atom. The molecule has 0 amide bonds. The van der Waals surface area contributed by atoms with Gasteiger partial charge in [-0.25, -0.2) is 9.48 Å². The third kappa shape index (κ3) is 2.82. The van der Waals surface area contributed by atoms with E-state index in [1.54, 1.807) is 11.6 Å². The second-order valence-corrected chi connectivity index (χ2v) is 4.81. The number of rotatable bonds is 4. The molecular formula is C16H13N5O2. The summed E-state index contributed by atoms with van der Waals surface area (Å²) in [6, 6.07) is 13.0. The highest BCUT2D eigenvalue weighted by Crippen LogP contribution is 2.19. The SMILES string of the molecule is Cc1nn(-c2ccccc2)c(COC(=O)c2ccn[nH]2)c1C#N. The van der Waals surface area contributed by atoms with Crippen molar-refractivity contribution in [3.63, 3.8) is 0 Å². The van der Waals surface area contributed by atoms with Gasteiger partial charge in [-0.05, 0) is 25.1 Å². The van der Waals surface area contributed by atoms with Gasteiger partial charge in [-0.15, -0.1) is 0 Å².